The quantitative estimate of drug-likeness (QED) is 0.745. The van der Waals surface area contributed by atoms with E-state index in [1.807, 2.05) is 0 Å². The van der Waals surface area contributed by atoms with Crippen LogP contribution in [0.3, 0.4) is 0 Å². The van der Waals surface area contributed by atoms with Crippen LogP contribution in [-0.4, -0.2) is 30.1 Å². The molecule has 0 aromatic rings. The molecule has 1 aliphatic carbocycles. The normalized spacial score (nSPS) is 25.9. The number of hydrogen-bond donors (Lipinski definition) is 1. The highest BCUT2D eigenvalue weighted by molar-refractivity contribution is 5.06. The largest absolute Gasteiger partial charge is 0.329 e. The van der Waals surface area contributed by atoms with Crippen molar-refractivity contribution in [3.8, 4) is 0 Å². The van der Waals surface area contributed by atoms with Gasteiger partial charge in [-0.05, 0) is 31.1 Å². The predicted octanol–water partition coefficient (Wildman–Crippen LogP) is 1.99. The lowest BCUT2D eigenvalue weighted by Gasteiger charge is -2.62. The van der Waals surface area contributed by atoms with Crippen LogP contribution in [-0.2, 0) is 0 Å². The topological polar surface area (TPSA) is 29.3 Å². The molecule has 14 heavy (non-hydrogen) atoms. The maximum atomic E-state index is 5.95. The highest BCUT2D eigenvalue weighted by atomic mass is 15.3. The van der Waals surface area contributed by atoms with Gasteiger partial charge >= 0.3 is 0 Å². The van der Waals surface area contributed by atoms with Crippen molar-refractivity contribution in [1.29, 1.82) is 0 Å². The molecule has 0 atom stereocenters. The van der Waals surface area contributed by atoms with Crippen LogP contribution in [0.15, 0.2) is 0 Å². The van der Waals surface area contributed by atoms with Crippen LogP contribution in [0.25, 0.3) is 0 Å². The fourth-order valence-electron chi connectivity index (χ4n) is 3.21. The van der Waals surface area contributed by atoms with Gasteiger partial charge in [-0.25, -0.2) is 0 Å². The summed E-state index contributed by atoms with van der Waals surface area (Å²) < 4.78 is 0. The molecule has 2 nitrogen and oxygen atoms in total. The van der Waals surface area contributed by atoms with Gasteiger partial charge in [0.05, 0.1) is 0 Å². The van der Waals surface area contributed by atoms with Crippen molar-refractivity contribution in [3.05, 3.63) is 0 Å². The van der Waals surface area contributed by atoms with Crippen molar-refractivity contribution >= 4 is 0 Å². The number of likely N-dealkylation sites (tertiary alicyclic amines) is 1. The van der Waals surface area contributed by atoms with E-state index in [9.17, 15) is 0 Å². The summed E-state index contributed by atoms with van der Waals surface area (Å²) in [5.74, 6) is 0. The molecule has 82 valence electrons. The van der Waals surface area contributed by atoms with Gasteiger partial charge in [0.2, 0.25) is 0 Å². The summed E-state index contributed by atoms with van der Waals surface area (Å²) >= 11 is 0. The van der Waals surface area contributed by atoms with Crippen molar-refractivity contribution < 1.29 is 0 Å². The average molecular weight is 196 g/mol. The lowest BCUT2D eigenvalue weighted by molar-refractivity contribution is -0.119. The molecule has 0 amide bonds. The third-order valence-electron chi connectivity index (χ3n) is 4.83. The first-order valence-corrected chi connectivity index (χ1v) is 6.15. The molecular formula is C12H24N2. The van der Waals surface area contributed by atoms with E-state index < -0.39 is 0 Å². The Balaban J connectivity index is 1.94. The Morgan fingerprint density at radius 3 is 2.07 bits per heavy atom. The van der Waals surface area contributed by atoms with E-state index in [0.29, 0.717) is 5.54 Å². The second-order valence-electron chi connectivity index (χ2n) is 5.35. The van der Waals surface area contributed by atoms with Gasteiger partial charge in [0.1, 0.15) is 0 Å². The highest BCUT2D eigenvalue weighted by Crippen LogP contribution is 2.50. The van der Waals surface area contributed by atoms with E-state index in [0.717, 1.165) is 12.0 Å². The Hall–Kier alpha value is -0.0800. The zero-order chi connectivity index (χ0) is 10.2. The molecule has 2 fully saturated rings. The van der Waals surface area contributed by atoms with Crippen LogP contribution in [0.1, 0.15) is 46.0 Å². The molecule has 0 unspecified atom stereocenters. The maximum Gasteiger partial charge on any atom is 0.0327 e. The van der Waals surface area contributed by atoms with Gasteiger partial charge < -0.3 is 5.73 Å². The Morgan fingerprint density at radius 2 is 1.79 bits per heavy atom. The van der Waals surface area contributed by atoms with E-state index in [1.165, 1.54) is 45.2 Å². The minimum Gasteiger partial charge on any atom is -0.329 e. The van der Waals surface area contributed by atoms with E-state index in [-0.39, 0.29) is 0 Å². The van der Waals surface area contributed by atoms with Crippen molar-refractivity contribution in [2.75, 3.05) is 19.6 Å². The fraction of sp³-hybridized carbons (Fsp3) is 1.00. The summed E-state index contributed by atoms with van der Waals surface area (Å²) in [6.07, 6.45) is 6.81. The van der Waals surface area contributed by atoms with Crippen molar-refractivity contribution in [1.82, 2.24) is 4.90 Å². The fourth-order valence-corrected chi connectivity index (χ4v) is 3.21. The van der Waals surface area contributed by atoms with Crippen LogP contribution in [0, 0.1) is 5.41 Å². The lowest BCUT2D eigenvalue weighted by Crippen LogP contribution is -2.69. The first-order chi connectivity index (χ1) is 6.70. The average Bonchev–Trinajstić information content (AvgIpc) is 2.08. The standard InChI is InChI=1S/C12H24N2/c1-3-12(4-2,8-13)14-9-11(10-14)6-5-7-11/h3-10,13H2,1-2H3. The number of nitrogens with zero attached hydrogens (tertiary/aromatic N) is 1. The number of hydrogen-bond acceptors (Lipinski definition) is 2. The number of nitrogens with two attached hydrogens (primary N) is 1. The Labute approximate surface area is 87.8 Å². The van der Waals surface area contributed by atoms with Gasteiger partial charge in [0.15, 0.2) is 0 Å². The molecule has 0 radical (unpaired) electrons. The SMILES string of the molecule is CCC(CC)(CN)N1CC2(CCC2)C1. The Kier molecular flexibility index (Phi) is 2.61. The molecule has 0 aromatic carbocycles. The van der Waals surface area contributed by atoms with Crippen molar-refractivity contribution in [2.45, 2.75) is 51.5 Å². The molecule has 2 N–H and O–H groups in total. The van der Waals surface area contributed by atoms with Crippen molar-refractivity contribution in [2.24, 2.45) is 11.1 Å². The van der Waals surface area contributed by atoms with Gasteiger partial charge in [-0.15, -0.1) is 0 Å². The second kappa shape index (κ2) is 3.49. The van der Waals surface area contributed by atoms with E-state index in [4.69, 9.17) is 5.73 Å². The third kappa shape index (κ3) is 1.31. The summed E-state index contributed by atoms with van der Waals surface area (Å²) in [6.45, 7) is 8.04. The van der Waals surface area contributed by atoms with Gasteiger partial charge in [0.25, 0.3) is 0 Å². The second-order valence-corrected chi connectivity index (χ2v) is 5.35. The summed E-state index contributed by atoms with van der Waals surface area (Å²) in [6, 6.07) is 0. The molecule has 1 saturated carbocycles. The monoisotopic (exact) mass is 196 g/mol. The molecule has 1 aliphatic heterocycles. The lowest BCUT2D eigenvalue weighted by atomic mass is 9.62. The minimum atomic E-state index is 0.320. The van der Waals surface area contributed by atoms with Gasteiger partial charge in [0, 0.05) is 25.2 Å². The molecular weight excluding hydrogens is 172 g/mol. The maximum absolute atomic E-state index is 5.95. The molecule has 1 spiro atoms. The summed E-state index contributed by atoms with van der Waals surface area (Å²) in [4.78, 5) is 2.64. The molecule has 2 aliphatic rings. The van der Waals surface area contributed by atoms with Crippen LogP contribution < -0.4 is 5.73 Å². The molecule has 1 heterocycles. The van der Waals surface area contributed by atoms with E-state index in [1.54, 1.807) is 0 Å². The van der Waals surface area contributed by atoms with E-state index in [2.05, 4.69) is 18.7 Å². The van der Waals surface area contributed by atoms with Gasteiger partial charge in [-0.2, -0.15) is 0 Å². The molecule has 2 rings (SSSR count). The first-order valence-electron chi connectivity index (χ1n) is 6.15. The molecule has 0 aromatic heterocycles. The molecule has 0 bridgehead atoms. The first kappa shape index (κ1) is 10.4. The summed E-state index contributed by atoms with van der Waals surface area (Å²) in [5.41, 5.74) is 7.01. The molecule has 2 heteroatoms. The summed E-state index contributed by atoms with van der Waals surface area (Å²) in [7, 11) is 0. The van der Waals surface area contributed by atoms with Crippen molar-refractivity contribution in [3.63, 3.8) is 0 Å². The van der Waals surface area contributed by atoms with Crippen LogP contribution in [0.4, 0.5) is 0 Å². The Morgan fingerprint density at radius 1 is 1.21 bits per heavy atom. The zero-order valence-corrected chi connectivity index (χ0v) is 9.68. The number of rotatable bonds is 4. The van der Waals surface area contributed by atoms with Gasteiger partial charge in [-0.1, -0.05) is 20.3 Å². The van der Waals surface area contributed by atoms with Gasteiger partial charge in [-0.3, -0.25) is 4.90 Å². The Bertz CT molecular complexity index is 188. The van der Waals surface area contributed by atoms with Crippen LogP contribution in [0.5, 0.6) is 0 Å². The minimum absolute atomic E-state index is 0.320. The summed E-state index contributed by atoms with van der Waals surface area (Å²) in [5, 5.41) is 0. The predicted molar refractivity (Wildman–Crippen MR) is 60.2 cm³/mol. The third-order valence-corrected chi connectivity index (χ3v) is 4.83. The highest BCUT2D eigenvalue weighted by Gasteiger charge is 2.52. The smallest absolute Gasteiger partial charge is 0.0327 e. The van der Waals surface area contributed by atoms with Crippen LogP contribution in [0.2, 0.25) is 0 Å². The zero-order valence-electron chi connectivity index (χ0n) is 9.68. The van der Waals surface area contributed by atoms with E-state index >= 15 is 0 Å². The molecule has 1 saturated heterocycles. The van der Waals surface area contributed by atoms with Crippen LogP contribution >= 0.6 is 0 Å².